The van der Waals surface area contributed by atoms with Crippen LogP contribution in [0.1, 0.15) is 25.3 Å². The van der Waals surface area contributed by atoms with Gasteiger partial charge in [-0.3, -0.25) is 4.79 Å². The van der Waals surface area contributed by atoms with Gasteiger partial charge in [0.15, 0.2) is 0 Å². The first kappa shape index (κ1) is 15.3. The van der Waals surface area contributed by atoms with Gasteiger partial charge in [-0.2, -0.15) is 13.2 Å². The van der Waals surface area contributed by atoms with Crippen LogP contribution in [0.2, 0.25) is 0 Å². The summed E-state index contributed by atoms with van der Waals surface area (Å²) < 4.78 is 42.2. The van der Waals surface area contributed by atoms with Gasteiger partial charge in [0, 0.05) is 11.7 Å². The van der Waals surface area contributed by atoms with Crippen molar-refractivity contribution < 1.29 is 22.7 Å². The van der Waals surface area contributed by atoms with Gasteiger partial charge in [0.2, 0.25) is 0 Å². The fourth-order valence-corrected chi connectivity index (χ4v) is 1.60. The minimum atomic E-state index is -4.37. The number of hydrogen-bond donors (Lipinski definition) is 1. The van der Waals surface area contributed by atoms with Crippen molar-refractivity contribution in [3.63, 3.8) is 0 Å². The summed E-state index contributed by atoms with van der Waals surface area (Å²) in [6, 6.07) is 4.65. The van der Waals surface area contributed by atoms with E-state index in [0.29, 0.717) is 12.1 Å². The zero-order chi connectivity index (χ0) is 14.5. The van der Waals surface area contributed by atoms with E-state index in [1.807, 2.05) is 6.92 Å². The van der Waals surface area contributed by atoms with Crippen LogP contribution >= 0.6 is 0 Å². The van der Waals surface area contributed by atoms with E-state index in [1.54, 1.807) is 0 Å². The smallest absolute Gasteiger partial charge is 0.416 e. The Morgan fingerprint density at radius 3 is 2.63 bits per heavy atom. The van der Waals surface area contributed by atoms with Crippen LogP contribution in [0, 0.1) is 0 Å². The highest BCUT2D eigenvalue weighted by atomic mass is 19.4. The van der Waals surface area contributed by atoms with Crippen molar-refractivity contribution in [2.24, 2.45) is 0 Å². The van der Waals surface area contributed by atoms with Gasteiger partial charge >= 0.3 is 12.1 Å². The Labute approximate surface area is 109 Å². The second-order valence-corrected chi connectivity index (χ2v) is 4.11. The van der Waals surface area contributed by atoms with Crippen LogP contribution in [-0.2, 0) is 15.7 Å². The number of carbonyl (C=O) groups is 1. The molecule has 106 valence electrons. The Balaban J connectivity index is 2.77. The lowest BCUT2D eigenvalue weighted by Crippen LogP contribution is -2.23. The third kappa shape index (κ3) is 4.81. The Hall–Kier alpha value is -1.72. The third-order valence-corrected chi connectivity index (χ3v) is 2.69. The molecule has 19 heavy (non-hydrogen) atoms. The van der Waals surface area contributed by atoms with E-state index in [0.717, 1.165) is 12.1 Å². The SMILES string of the molecule is CC[C@H](CC(=O)OC)Nc1cccc(C(F)(F)F)c1. The van der Waals surface area contributed by atoms with Gasteiger partial charge in [-0.05, 0) is 24.6 Å². The van der Waals surface area contributed by atoms with Crippen LogP contribution in [0.5, 0.6) is 0 Å². The number of anilines is 1. The van der Waals surface area contributed by atoms with E-state index in [4.69, 9.17) is 0 Å². The normalized spacial score (nSPS) is 12.9. The van der Waals surface area contributed by atoms with Gasteiger partial charge in [0.25, 0.3) is 0 Å². The van der Waals surface area contributed by atoms with Gasteiger partial charge in [0.05, 0.1) is 19.1 Å². The summed E-state index contributed by atoms with van der Waals surface area (Å²) in [7, 11) is 1.28. The van der Waals surface area contributed by atoms with Gasteiger partial charge in [-0.1, -0.05) is 13.0 Å². The standard InChI is InChI=1S/C13H16F3NO2/c1-3-10(8-12(18)19-2)17-11-6-4-5-9(7-11)13(14,15)16/h4-7,10,17H,3,8H2,1-2H3/t10-/m1/s1. The van der Waals surface area contributed by atoms with Crippen molar-refractivity contribution in [1.29, 1.82) is 0 Å². The van der Waals surface area contributed by atoms with Crippen molar-refractivity contribution >= 4 is 11.7 Å². The molecule has 0 aliphatic carbocycles. The maximum absolute atomic E-state index is 12.6. The molecule has 0 radical (unpaired) electrons. The lowest BCUT2D eigenvalue weighted by molar-refractivity contribution is -0.141. The molecule has 0 aromatic heterocycles. The van der Waals surface area contributed by atoms with Crippen LogP contribution in [0.3, 0.4) is 0 Å². The van der Waals surface area contributed by atoms with Gasteiger partial charge in [-0.15, -0.1) is 0 Å². The first-order valence-corrected chi connectivity index (χ1v) is 5.87. The molecule has 6 heteroatoms. The number of alkyl halides is 3. The van der Waals surface area contributed by atoms with E-state index in [-0.39, 0.29) is 12.5 Å². The number of carbonyl (C=O) groups excluding carboxylic acids is 1. The molecule has 1 atom stereocenters. The zero-order valence-electron chi connectivity index (χ0n) is 10.8. The fraction of sp³-hybridized carbons (Fsp3) is 0.462. The van der Waals surface area contributed by atoms with E-state index in [1.165, 1.54) is 19.2 Å². The highest BCUT2D eigenvalue weighted by Gasteiger charge is 2.30. The summed E-state index contributed by atoms with van der Waals surface area (Å²) in [4.78, 5) is 11.2. The molecule has 3 nitrogen and oxygen atoms in total. The van der Waals surface area contributed by atoms with E-state index in [2.05, 4.69) is 10.1 Å². The lowest BCUT2D eigenvalue weighted by Gasteiger charge is -2.18. The molecule has 0 bridgehead atoms. The van der Waals surface area contributed by atoms with Crippen molar-refractivity contribution in [3.8, 4) is 0 Å². The van der Waals surface area contributed by atoms with Gasteiger partial charge < -0.3 is 10.1 Å². The maximum atomic E-state index is 12.6. The fourth-order valence-electron chi connectivity index (χ4n) is 1.60. The zero-order valence-corrected chi connectivity index (χ0v) is 10.8. The van der Waals surface area contributed by atoms with Crippen molar-refractivity contribution in [2.45, 2.75) is 32.0 Å². The molecule has 0 amide bonds. The highest BCUT2D eigenvalue weighted by Crippen LogP contribution is 2.30. The predicted octanol–water partition coefficient (Wildman–Crippen LogP) is 3.46. The monoisotopic (exact) mass is 275 g/mol. The molecule has 0 fully saturated rings. The molecule has 0 aliphatic rings. The molecule has 0 saturated heterocycles. The molecule has 0 aliphatic heterocycles. The lowest BCUT2D eigenvalue weighted by atomic mass is 10.1. The number of rotatable bonds is 5. The van der Waals surface area contributed by atoms with E-state index in [9.17, 15) is 18.0 Å². The molecule has 1 N–H and O–H groups in total. The van der Waals surface area contributed by atoms with E-state index < -0.39 is 17.7 Å². The van der Waals surface area contributed by atoms with Gasteiger partial charge in [0.1, 0.15) is 0 Å². The molecule has 1 aromatic carbocycles. The first-order valence-electron chi connectivity index (χ1n) is 5.87. The molecule has 0 saturated carbocycles. The van der Waals surface area contributed by atoms with Crippen LogP contribution in [0.25, 0.3) is 0 Å². The highest BCUT2D eigenvalue weighted by molar-refractivity contribution is 5.70. The van der Waals surface area contributed by atoms with Crippen LogP contribution in [0.4, 0.5) is 18.9 Å². The molecule has 0 spiro atoms. The Kier molecular flexibility index (Phi) is 5.20. The van der Waals surface area contributed by atoms with Crippen LogP contribution in [0.15, 0.2) is 24.3 Å². The summed E-state index contributed by atoms with van der Waals surface area (Å²) in [5, 5.41) is 2.91. The Bertz CT molecular complexity index is 432. The predicted molar refractivity (Wildman–Crippen MR) is 65.8 cm³/mol. The maximum Gasteiger partial charge on any atom is 0.416 e. The van der Waals surface area contributed by atoms with E-state index >= 15 is 0 Å². The second kappa shape index (κ2) is 6.45. The van der Waals surface area contributed by atoms with Crippen molar-refractivity contribution in [2.75, 3.05) is 12.4 Å². The topological polar surface area (TPSA) is 38.3 Å². The summed E-state index contributed by atoms with van der Waals surface area (Å²) in [5.41, 5.74) is -0.379. The summed E-state index contributed by atoms with van der Waals surface area (Å²) in [6.45, 7) is 1.84. The number of esters is 1. The average molecular weight is 275 g/mol. The number of ether oxygens (including phenoxy) is 1. The minimum absolute atomic E-state index is 0.114. The second-order valence-electron chi connectivity index (χ2n) is 4.11. The van der Waals surface area contributed by atoms with Crippen molar-refractivity contribution in [1.82, 2.24) is 0 Å². The Morgan fingerprint density at radius 2 is 2.11 bits per heavy atom. The average Bonchev–Trinajstić information content (AvgIpc) is 2.37. The molecule has 1 rings (SSSR count). The van der Waals surface area contributed by atoms with Crippen LogP contribution < -0.4 is 5.32 Å². The summed E-state index contributed by atoms with van der Waals surface area (Å²) in [6.07, 6.45) is -3.66. The number of benzene rings is 1. The van der Waals surface area contributed by atoms with Crippen molar-refractivity contribution in [3.05, 3.63) is 29.8 Å². The third-order valence-electron chi connectivity index (χ3n) is 2.69. The minimum Gasteiger partial charge on any atom is -0.469 e. The summed E-state index contributed by atoms with van der Waals surface area (Å²) >= 11 is 0. The van der Waals surface area contributed by atoms with Gasteiger partial charge in [-0.25, -0.2) is 0 Å². The molecule has 1 aromatic rings. The summed E-state index contributed by atoms with van der Waals surface area (Å²) in [5.74, 6) is -0.397. The Morgan fingerprint density at radius 1 is 1.42 bits per heavy atom. The number of halogens is 3. The largest absolute Gasteiger partial charge is 0.469 e. The number of nitrogens with one attached hydrogen (secondary N) is 1. The first-order chi connectivity index (χ1) is 8.86. The molecule has 0 heterocycles. The number of methoxy groups -OCH3 is 1. The molecular weight excluding hydrogens is 259 g/mol. The molecule has 0 unspecified atom stereocenters. The number of hydrogen-bond acceptors (Lipinski definition) is 3. The van der Waals surface area contributed by atoms with Crippen LogP contribution in [-0.4, -0.2) is 19.1 Å². The quantitative estimate of drug-likeness (QED) is 0.836. The molecular formula is C13H16F3NO2.